The Balaban J connectivity index is 1.63. The Morgan fingerprint density at radius 1 is 0.806 bits per heavy atom. The van der Waals surface area contributed by atoms with Crippen LogP contribution in [0.5, 0.6) is 0 Å². The molecular weight excluding hydrogens is 384 g/mol. The topological polar surface area (TPSA) is 76.7 Å². The molecule has 3 aromatic rings. The first-order chi connectivity index (χ1) is 15.2. The molecule has 2 aliphatic heterocycles. The van der Waals surface area contributed by atoms with Gasteiger partial charge in [-0.25, -0.2) is 4.98 Å². The normalized spacial score (nSPS) is 11.1. The van der Waals surface area contributed by atoms with Gasteiger partial charge in [-0.05, 0) is 28.8 Å². The largest absolute Gasteiger partial charge is 0.399 e. The number of benzene rings is 3. The number of nitrogen functional groups attached to an aromatic ring is 1. The number of imidazole rings is 1. The van der Waals surface area contributed by atoms with Gasteiger partial charge in [0, 0.05) is 24.7 Å². The Morgan fingerprint density at radius 2 is 1.45 bits per heavy atom. The van der Waals surface area contributed by atoms with Gasteiger partial charge in [-0.15, -0.1) is 0 Å². The number of fused-ring (bicyclic) bond motifs is 1. The summed E-state index contributed by atoms with van der Waals surface area (Å²) in [5, 5.41) is 0. The monoisotopic (exact) mass is 406 g/mol. The molecule has 2 aliphatic rings. The van der Waals surface area contributed by atoms with Crippen LogP contribution in [-0.4, -0.2) is 14.5 Å². The lowest BCUT2D eigenvalue weighted by Crippen LogP contribution is -2.17. The van der Waals surface area contributed by atoms with Crippen LogP contribution in [0.25, 0.3) is 17.1 Å². The Labute approximate surface area is 180 Å². The molecule has 0 aliphatic carbocycles. The van der Waals surface area contributed by atoms with Crippen LogP contribution in [0, 0.1) is 0 Å². The third kappa shape index (κ3) is 3.85. The zero-order valence-electron chi connectivity index (χ0n) is 17.0. The molecule has 3 N–H and O–H groups in total. The highest BCUT2D eigenvalue weighted by Crippen LogP contribution is 2.23. The molecule has 0 fully saturated rings. The van der Waals surface area contributed by atoms with Crippen LogP contribution in [0.3, 0.4) is 0 Å². The molecule has 3 aromatic carbocycles. The molecule has 5 heteroatoms. The molecule has 5 nitrogen and oxygen atoms in total. The van der Waals surface area contributed by atoms with Crippen molar-refractivity contribution >= 4 is 5.69 Å². The number of aromatic nitrogens is 3. The third-order valence-electron chi connectivity index (χ3n) is 5.41. The van der Waals surface area contributed by atoms with Gasteiger partial charge >= 0.3 is 0 Å². The predicted octanol–water partition coefficient (Wildman–Crippen LogP) is 4.43. The Bertz CT molecular complexity index is 1340. The summed E-state index contributed by atoms with van der Waals surface area (Å²) in [7, 11) is 0. The number of hydrogen-bond acceptors (Lipinski definition) is 3. The standard InChI is InChI=1S/C26H22N4O/c27-21-13-11-19(12-14-21)16-23-26(31)30-17-24(20-9-5-2-6-10-20)28-22(25(30)29-23)15-18-7-3-1-4-8-18/h1-14,17,28H,15-16,27H2. The van der Waals surface area contributed by atoms with Gasteiger partial charge in [-0.1, -0.05) is 72.8 Å². The predicted molar refractivity (Wildman–Crippen MR) is 124 cm³/mol. The molecule has 0 aromatic heterocycles. The van der Waals surface area contributed by atoms with E-state index < -0.39 is 0 Å². The van der Waals surface area contributed by atoms with E-state index in [0.717, 1.165) is 28.1 Å². The smallest absolute Gasteiger partial charge is 0.278 e. The Kier molecular flexibility index (Phi) is 4.84. The lowest BCUT2D eigenvalue weighted by molar-refractivity contribution is 0.914. The fourth-order valence-corrected chi connectivity index (χ4v) is 3.81. The minimum absolute atomic E-state index is 0.0904. The zero-order valence-corrected chi connectivity index (χ0v) is 17.0. The third-order valence-corrected chi connectivity index (χ3v) is 5.41. The molecule has 0 saturated heterocycles. The van der Waals surface area contributed by atoms with Crippen molar-refractivity contribution in [2.24, 2.45) is 0 Å². The number of aromatic amines is 1. The molecular formula is C26H22N4O. The summed E-state index contributed by atoms with van der Waals surface area (Å²) in [6.07, 6.45) is 2.97. The maximum absolute atomic E-state index is 13.2. The Morgan fingerprint density at radius 3 is 2.16 bits per heavy atom. The van der Waals surface area contributed by atoms with E-state index in [1.54, 1.807) is 4.57 Å². The molecule has 0 radical (unpaired) electrons. The highest BCUT2D eigenvalue weighted by Gasteiger charge is 2.20. The molecule has 2 heterocycles. The zero-order chi connectivity index (χ0) is 21.2. The number of hydrogen-bond donors (Lipinski definition) is 2. The lowest BCUT2D eigenvalue weighted by atomic mass is 10.1. The van der Waals surface area contributed by atoms with Crippen molar-refractivity contribution in [1.29, 1.82) is 0 Å². The molecule has 0 unspecified atom stereocenters. The molecule has 5 rings (SSSR count). The van der Waals surface area contributed by atoms with Crippen molar-refractivity contribution in [2.75, 3.05) is 5.73 Å². The molecule has 0 amide bonds. The fourth-order valence-electron chi connectivity index (χ4n) is 3.81. The first kappa shape index (κ1) is 18.9. The first-order valence-corrected chi connectivity index (χ1v) is 10.2. The quantitative estimate of drug-likeness (QED) is 0.424. The van der Waals surface area contributed by atoms with Crippen LogP contribution in [0.2, 0.25) is 0 Å². The fraction of sp³-hybridized carbons (Fsp3) is 0.0769. The summed E-state index contributed by atoms with van der Waals surface area (Å²) >= 11 is 0. The van der Waals surface area contributed by atoms with Gasteiger partial charge in [0.2, 0.25) is 0 Å². The van der Waals surface area contributed by atoms with Crippen LogP contribution in [0.1, 0.15) is 22.5 Å². The minimum Gasteiger partial charge on any atom is -0.399 e. The summed E-state index contributed by atoms with van der Waals surface area (Å²) in [4.78, 5) is 21.5. The molecule has 0 bridgehead atoms. The van der Waals surface area contributed by atoms with Crippen molar-refractivity contribution in [1.82, 2.24) is 14.5 Å². The van der Waals surface area contributed by atoms with E-state index in [2.05, 4.69) is 17.1 Å². The van der Waals surface area contributed by atoms with Gasteiger partial charge in [0.05, 0.1) is 11.4 Å². The van der Waals surface area contributed by atoms with Gasteiger partial charge in [0.25, 0.3) is 5.56 Å². The second-order valence-electron chi connectivity index (χ2n) is 7.65. The maximum Gasteiger partial charge on any atom is 0.278 e. The number of nitrogens with one attached hydrogen (secondary N) is 1. The van der Waals surface area contributed by atoms with Gasteiger partial charge in [-0.3, -0.25) is 9.36 Å². The van der Waals surface area contributed by atoms with Crippen molar-refractivity contribution in [3.8, 4) is 17.1 Å². The maximum atomic E-state index is 13.2. The molecule has 0 spiro atoms. The average molecular weight is 406 g/mol. The number of rotatable bonds is 5. The highest BCUT2D eigenvalue weighted by atomic mass is 16.1. The highest BCUT2D eigenvalue weighted by molar-refractivity contribution is 5.60. The summed E-state index contributed by atoms with van der Waals surface area (Å²) in [6.45, 7) is 0. The van der Waals surface area contributed by atoms with Crippen LogP contribution in [0.15, 0.2) is 95.9 Å². The van der Waals surface area contributed by atoms with Gasteiger partial charge in [0.1, 0.15) is 5.69 Å². The van der Waals surface area contributed by atoms with E-state index in [-0.39, 0.29) is 5.56 Å². The van der Waals surface area contributed by atoms with E-state index in [1.807, 2.05) is 79.0 Å². The summed E-state index contributed by atoms with van der Waals surface area (Å²) in [6, 6.07) is 27.8. The number of nitrogens with zero attached hydrogens (tertiary/aromatic N) is 2. The molecule has 0 saturated carbocycles. The van der Waals surface area contributed by atoms with E-state index in [1.165, 1.54) is 0 Å². The van der Waals surface area contributed by atoms with Crippen molar-refractivity contribution < 1.29 is 0 Å². The van der Waals surface area contributed by atoms with E-state index in [4.69, 9.17) is 10.7 Å². The number of nitrogens with two attached hydrogens (primary N) is 1. The van der Waals surface area contributed by atoms with Crippen molar-refractivity contribution in [2.45, 2.75) is 12.8 Å². The SMILES string of the molecule is Nc1ccc(Cc2nc3c(Cc4ccccc4)[nH]c(-c4ccccc4)cn-3c2=O)cc1. The Hall–Kier alpha value is -4.12. The molecule has 31 heavy (non-hydrogen) atoms. The lowest BCUT2D eigenvalue weighted by Gasteiger charge is -2.13. The van der Waals surface area contributed by atoms with Gasteiger partial charge in [0.15, 0.2) is 5.82 Å². The molecule has 0 atom stereocenters. The summed E-state index contributed by atoms with van der Waals surface area (Å²) in [5.74, 6) is 0.666. The average Bonchev–Trinajstić information content (AvgIpc) is 3.12. The van der Waals surface area contributed by atoms with E-state index in [0.29, 0.717) is 30.0 Å². The summed E-state index contributed by atoms with van der Waals surface area (Å²) in [5.41, 5.74) is 11.9. The van der Waals surface area contributed by atoms with Crippen LogP contribution >= 0.6 is 0 Å². The molecule has 152 valence electrons. The number of anilines is 1. The van der Waals surface area contributed by atoms with Crippen LogP contribution in [-0.2, 0) is 12.8 Å². The van der Waals surface area contributed by atoms with Crippen LogP contribution in [0.4, 0.5) is 5.69 Å². The number of H-pyrrole nitrogens is 1. The van der Waals surface area contributed by atoms with Crippen molar-refractivity contribution in [3.05, 3.63) is 124 Å². The summed E-state index contributed by atoms with van der Waals surface area (Å²) < 4.78 is 1.67. The van der Waals surface area contributed by atoms with Gasteiger partial charge < -0.3 is 10.7 Å². The minimum atomic E-state index is -0.0904. The first-order valence-electron chi connectivity index (χ1n) is 10.2. The van der Waals surface area contributed by atoms with Crippen molar-refractivity contribution in [3.63, 3.8) is 0 Å². The van der Waals surface area contributed by atoms with E-state index >= 15 is 0 Å². The van der Waals surface area contributed by atoms with Crippen LogP contribution < -0.4 is 11.3 Å². The van der Waals surface area contributed by atoms with Gasteiger partial charge in [-0.2, -0.15) is 0 Å². The van der Waals surface area contributed by atoms with E-state index in [9.17, 15) is 4.79 Å². The second kappa shape index (κ2) is 7.95. The second-order valence-corrected chi connectivity index (χ2v) is 7.65.